The Bertz CT molecular complexity index is 1430. The van der Waals surface area contributed by atoms with E-state index in [1.54, 1.807) is 36.2 Å². The highest BCUT2D eigenvalue weighted by molar-refractivity contribution is 6.31. The van der Waals surface area contributed by atoms with Crippen molar-refractivity contribution in [2.45, 2.75) is 44.1 Å². The van der Waals surface area contributed by atoms with Crippen LogP contribution >= 0.6 is 11.6 Å². The molecule has 3 aromatic rings. The number of fused-ring (bicyclic) bond motifs is 2. The molecule has 3 aromatic carbocycles. The van der Waals surface area contributed by atoms with Crippen molar-refractivity contribution in [2.75, 3.05) is 19.0 Å². The number of hydrogen-bond donors (Lipinski definition) is 2. The summed E-state index contributed by atoms with van der Waals surface area (Å²) in [5.74, 6) is -1.05. The molecule has 10 heteroatoms. The van der Waals surface area contributed by atoms with Crippen molar-refractivity contribution in [1.82, 2.24) is 10.2 Å². The van der Waals surface area contributed by atoms with Gasteiger partial charge in [-0.2, -0.15) is 0 Å². The number of rotatable bonds is 6. The minimum absolute atomic E-state index is 0.141. The Morgan fingerprint density at radius 1 is 1.07 bits per heavy atom. The molecule has 2 aliphatic heterocycles. The lowest BCUT2D eigenvalue weighted by atomic mass is 9.94. The number of nitrogens with one attached hydrogen (secondary N) is 2. The third kappa shape index (κ3) is 6.26. The van der Waals surface area contributed by atoms with Gasteiger partial charge in [-0.3, -0.25) is 14.4 Å². The number of hydrogen-bond acceptors (Lipinski definition) is 5. The Morgan fingerprint density at radius 2 is 1.90 bits per heavy atom. The fourth-order valence-electron chi connectivity index (χ4n) is 5.05. The van der Waals surface area contributed by atoms with Crippen LogP contribution in [0.1, 0.15) is 45.5 Å². The van der Waals surface area contributed by atoms with Gasteiger partial charge < -0.3 is 25.0 Å². The molecular formula is C30H29ClFN3O5. The number of likely N-dealkylation sites (N-methyl/N-ethyl adjacent to an activating group) is 1. The van der Waals surface area contributed by atoms with Gasteiger partial charge in [0.2, 0.25) is 5.91 Å². The number of nitrogens with zero attached hydrogens (tertiary/aromatic N) is 1. The van der Waals surface area contributed by atoms with Crippen molar-refractivity contribution >= 4 is 35.0 Å². The first kappa shape index (κ1) is 27.6. The summed E-state index contributed by atoms with van der Waals surface area (Å²) in [6, 6.07) is 17.3. The molecule has 208 valence electrons. The van der Waals surface area contributed by atoms with Gasteiger partial charge in [-0.1, -0.05) is 35.9 Å². The highest BCUT2D eigenvalue weighted by Crippen LogP contribution is 2.32. The van der Waals surface area contributed by atoms with Crippen LogP contribution in [-0.4, -0.2) is 54.5 Å². The predicted molar refractivity (Wildman–Crippen MR) is 148 cm³/mol. The maximum Gasteiger partial charge on any atom is 0.257 e. The van der Waals surface area contributed by atoms with E-state index in [1.807, 2.05) is 18.2 Å². The maximum atomic E-state index is 13.5. The van der Waals surface area contributed by atoms with Crippen molar-refractivity contribution in [2.24, 2.45) is 0 Å². The van der Waals surface area contributed by atoms with Gasteiger partial charge in [-0.15, -0.1) is 0 Å². The molecule has 40 heavy (non-hydrogen) atoms. The zero-order valence-corrected chi connectivity index (χ0v) is 22.6. The first-order valence-electron chi connectivity index (χ1n) is 13.0. The molecule has 0 saturated carbocycles. The Labute approximate surface area is 236 Å². The number of ether oxygens (including phenoxy) is 2. The molecule has 8 nitrogen and oxygen atoms in total. The number of benzene rings is 3. The van der Waals surface area contributed by atoms with E-state index < -0.39 is 17.8 Å². The normalized spacial score (nSPS) is 20.3. The summed E-state index contributed by atoms with van der Waals surface area (Å²) in [5.41, 5.74) is 1.70. The van der Waals surface area contributed by atoms with Gasteiger partial charge in [0, 0.05) is 29.9 Å². The standard InChI is InChI=1S/C30H29ClFN3O5/c1-35-25-11-10-22(15-28(36)33-16-19-5-2-3-8-24(19)31)40-27(25)17-39-26-12-9-21(14-23(26)30(35)38)34-29(37)18-6-4-7-20(32)13-18/h2-9,12-14,22,25,27H,10-11,15-17H2,1H3,(H,33,36)(H,34,37)/t22-,25-,27+/m0/s1. The summed E-state index contributed by atoms with van der Waals surface area (Å²) in [6.07, 6.45) is 0.721. The predicted octanol–water partition coefficient (Wildman–Crippen LogP) is 4.82. The van der Waals surface area contributed by atoms with Crippen LogP contribution in [0.25, 0.3) is 0 Å². The Morgan fingerprint density at radius 3 is 2.70 bits per heavy atom. The van der Waals surface area contributed by atoms with Gasteiger partial charge in [0.05, 0.1) is 24.1 Å². The van der Waals surface area contributed by atoms with Crippen LogP contribution in [0.4, 0.5) is 10.1 Å². The Balaban J connectivity index is 1.22. The van der Waals surface area contributed by atoms with Crippen LogP contribution in [0, 0.1) is 5.82 Å². The smallest absolute Gasteiger partial charge is 0.257 e. The van der Waals surface area contributed by atoms with E-state index in [1.165, 1.54) is 18.2 Å². The van der Waals surface area contributed by atoms with E-state index in [-0.39, 0.29) is 42.6 Å². The van der Waals surface area contributed by atoms with Gasteiger partial charge in [0.25, 0.3) is 11.8 Å². The molecule has 0 aromatic heterocycles. The molecule has 0 aliphatic carbocycles. The summed E-state index contributed by atoms with van der Waals surface area (Å²) in [6.45, 7) is 0.529. The molecule has 2 N–H and O–H groups in total. The second-order valence-electron chi connectivity index (χ2n) is 9.92. The molecule has 0 unspecified atom stereocenters. The molecule has 5 rings (SSSR count). The van der Waals surface area contributed by atoms with Crippen LogP contribution in [0.5, 0.6) is 5.75 Å². The number of amides is 3. The molecule has 2 aliphatic rings. The Hall–Kier alpha value is -3.95. The number of halogens is 2. The zero-order valence-electron chi connectivity index (χ0n) is 21.9. The summed E-state index contributed by atoms with van der Waals surface area (Å²) in [4.78, 5) is 40.3. The average Bonchev–Trinajstić information content (AvgIpc) is 2.95. The Kier molecular flexibility index (Phi) is 8.32. The fraction of sp³-hybridized carbons (Fsp3) is 0.300. The zero-order chi connectivity index (χ0) is 28.2. The molecule has 0 bridgehead atoms. The second kappa shape index (κ2) is 12.1. The highest BCUT2D eigenvalue weighted by Gasteiger charge is 2.39. The topological polar surface area (TPSA) is 97.0 Å². The summed E-state index contributed by atoms with van der Waals surface area (Å²) < 4.78 is 25.8. The fourth-order valence-corrected chi connectivity index (χ4v) is 5.26. The minimum atomic E-state index is -0.514. The van der Waals surface area contributed by atoms with Crippen molar-refractivity contribution in [3.05, 3.63) is 94.3 Å². The molecule has 3 atom stereocenters. The van der Waals surface area contributed by atoms with E-state index in [4.69, 9.17) is 21.1 Å². The van der Waals surface area contributed by atoms with Crippen LogP contribution in [0.3, 0.4) is 0 Å². The molecule has 0 radical (unpaired) electrons. The number of carbonyl (C=O) groups is 3. The average molecular weight is 566 g/mol. The van der Waals surface area contributed by atoms with Gasteiger partial charge >= 0.3 is 0 Å². The van der Waals surface area contributed by atoms with Crippen LogP contribution in [-0.2, 0) is 16.1 Å². The van der Waals surface area contributed by atoms with E-state index in [9.17, 15) is 18.8 Å². The van der Waals surface area contributed by atoms with Gasteiger partial charge in [-0.05, 0) is 60.9 Å². The van der Waals surface area contributed by atoms with Crippen molar-refractivity contribution in [3.63, 3.8) is 0 Å². The summed E-state index contributed by atoms with van der Waals surface area (Å²) in [7, 11) is 1.72. The third-order valence-corrected chi connectivity index (χ3v) is 7.57. The van der Waals surface area contributed by atoms with Gasteiger partial charge in [-0.25, -0.2) is 4.39 Å². The van der Waals surface area contributed by atoms with E-state index in [2.05, 4.69) is 10.6 Å². The van der Waals surface area contributed by atoms with E-state index in [0.29, 0.717) is 41.4 Å². The molecule has 2 heterocycles. The lowest BCUT2D eigenvalue weighted by Gasteiger charge is -2.42. The number of carbonyl (C=O) groups excluding carboxylic acids is 3. The van der Waals surface area contributed by atoms with Crippen molar-refractivity contribution < 1.29 is 28.2 Å². The molecule has 0 spiro atoms. The second-order valence-corrected chi connectivity index (χ2v) is 10.3. The SMILES string of the molecule is CN1C(=O)c2cc(NC(=O)c3cccc(F)c3)ccc2OC[C@H]2O[C@H](CC(=O)NCc3ccccc3Cl)CC[C@@H]21. The first-order chi connectivity index (χ1) is 19.3. The highest BCUT2D eigenvalue weighted by atomic mass is 35.5. The monoisotopic (exact) mass is 565 g/mol. The van der Waals surface area contributed by atoms with Crippen LogP contribution in [0.15, 0.2) is 66.7 Å². The lowest BCUT2D eigenvalue weighted by Crippen LogP contribution is -2.53. The van der Waals surface area contributed by atoms with Crippen molar-refractivity contribution in [1.29, 1.82) is 0 Å². The van der Waals surface area contributed by atoms with Gasteiger partial charge in [0.15, 0.2) is 0 Å². The minimum Gasteiger partial charge on any atom is -0.490 e. The quantitative estimate of drug-likeness (QED) is 0.447. The molecule has 1 fully saturated rings. The third-order valence-electron chi connectivity index (χ3n) is 7.20. The summed E-state index contributed by atoms with van der Waals surface area (Å²) >= 11 is 6.17. The maximum absolute atomic E-state index is 13.5. The van der Waals surface area contributed by atoms with E-state index >= 15 is 0 Å². The largest absolute Gasteiger partial charge is 0.490 e. The van der Waals surface area contributed by atoms with Crippen LogP contribution < -0.4 is 15.4 Å². The lowest BCUT2D eigenvalue weighted by molar-refractivity contribution is -0.134. The number of anilines is 1. The van der Waals surface area contributed by atoms with Crippen LogP contribution in [0.2, 0.25) is 5.02 Å². The first-order valence-corrected chi connectivity index (χ1v) is 13.4. The van der Waals surface area contributed by atoms with Gasteiger partial charge in [0.1, 0.15) is 24.3 Å². The summed E-state index contributed by atoms with van der Waals surface area (Å²) in [5, 5.41) is 6.20. The molecule has 1 saturated heterocycles. The van der Waals surface area contributed by atoms with E-state index in [0.717, 1.165) is 11.6 Å². The van der Waals surface area contributed by atoms with Crippen molar-refractivity contribution in [3.8, 4) is 5.75 Å². The molecular weight excluding hydrogens is 537 g/mol. The molecule has 3 amide bonds.